The Balaban J connectivity index is 1.52. The molecule has 0 bridgehead atoms. The summed E-state index contributed by atoms with van der Waals surface area (Å²) in [5.74, 6) is 1.49. The Morgan fingerprint density at radius 3 is 3.09 bits per heavy atom. The zero-order valence-corrected chi connectivity index (χ0v) is 14.0. The topological polar surface area (TPSA) is 62.9 Å². The molecular weight excluding hydrogens is 288 g/mol. The lowest BCUT2D eigenvalue weighted by atomic mass is 10.0. The van der Waals surface area contributed by atoms with Gasteiger partial charge in [-0.15, -0.1) is 0 Å². The van der Waals surface area contributed by atoms with Gasteiger partial charge in [0.2, 0.25) is 0 Å². The number of fused-ring (bicyclic) bond motifs is 1. The zero-order valence-electron chi connectivity index (χ0n) is 14.0. The van der Waals surface area contributed by atoms with Crippen molar-refractivity contribution < 1.29 is 4.74 Å². The molecule has 5 heteroatoms. The minimum absolute atomic E-state index is 0.192. The summed E-state index contributed by atoms with van der Waals surface area (Å²) < 4.78 is 5.68. The van der Waals surface area contributed by atoms with Crippen LogP contribution in [0.1, 0.15) is 44.2 Å². The summed E-state index contributed by atoms with van der Waals surface area (Å²) in [5.41, 5.74) is 7.26. The molecule has 0 aromatic heterocycles. The molecule has 0 amide bonds. The van der Waals surface area contributed by atoms with Crippen LogP contribution in [-0.2, 0) is 0 Å². The fourth-order valence-corrected chi connectivity index (χ4v) is 3.50. The molecule has 23 heavy (non-hydrogen) atoms. The van der Waals surface area contributed by atoms with Crippen molar-refractivity contribution in [3.63, 3.8) is 0 Å². The summed E-state index contributed by atoms with van der Waals surface area (Å²) >= 11 is 0. The van der Waals surface area contributed by atoms with Crippen molar-refractivity contribution >= 4 is 5.96 Å². The Bertz CT molecular complexity index is 546. The van der Waals surface area contributed by atoms with Crippen LogP contribution in [0, 0.1) is 0 Å². The van der Waals surface area contributed by atoms with E-state index in [-0.39, 0.29) is 6.04 Å². The van der Waals surface area contributed by atoms with E-state index in [4.69, 9.17) is 10.5 Å². The first-order chi connectivity index (χ1) is 11.2. The van der Waals surface area contributed by atoms with E-state index < -0.39 is 0 Å². The molecule has 1 fully saturated rings. The van der Waals surface area contributed by atoms with Crippen LogP contribution in [0.25, 0.3) is 0 Å². The van der Waals surface area contributed by atoms with Crippen LogP contribution in [0.2, 0.25) is 0 Å². The molecule has 1 saturated heterocycles. The minimum Gasteiger partial charge on any atom is -0.493 e. The van der Waals surface area contributed by atoms with E-state index in [0.717, 1.165) is 25.3 Å². The number of piperidine rings is 1. The molecule has 3 N–H and O–H groups in total. The summed E-state index contributed by atoms with van der Waals surface area (Å²) in [6.07, 6.45) is 4.88. The van der Waals surface area contributed by atoms with Gasteiger partial charge in [-0.1, -0.05) is 24.6 Å². The van der Waals surface area contributed by atoms with Gasteiger partial charge in [0.15, 0.2) is 5.96 Å². The molecule has 1 aromatic rings. The van der Waals surface area contributed by atoms with Gasteiger partial charge >= 0.3 is 0 Å². The van der Waals surface area contributed by atoms with Crippen LogP contribution < -0.4 is 15.8 Å². The summed E-state index contributed by atoms with van der Waals surface area (Å²) in [7, 11) is 0. The highest BCUT2D eigenvalue weighted by molar-refractivity contribution is 5.78. The molecule has 0 aliphatic carbocycles. The van der Waals surface area contributed by atoms with Crippen molar-refractivity contribution in [3.05, 3.63) is 29.8 Å². The van der Waals surface area contributed by atoms with Gasteiger partial charge in [0.1, 0.15) is 5.75 Å². The first-order valence-electron chi connectivity index (χ1n) is 8.76. The highest BCUT2D eigenvalue weighted by atomic mass is 16.5. The fourth-order valence-electron chi connectivity index (χ4n) is 3.50. The smallest absolute Gasteiger partial charge is 0.189 e. The number of hydrogen-bond donors (Lipinski definition) is 2. The number of benzene rings is 1. The normalized spacial score (nSPS) is 25.5. The maximum absolute atomic E-state index is 6.09. The standard InChI is InChI=1S/C18H28N4O/c1-14-6-4-5-11-22(14)12-10-20-18(19)21-16-9-13-23-17-8-3-2-7-15(16)17/h2-3,7-8,14,16H,4-6,9-13H2,1H3,(H3,19,20,21). The quantitative estimate of drug-likeness (QED) is 0.661. The largest absolute Gasteiger partial charge is 0.493 e. The Hall–Kier alpha value is -1.75. The summed E-state index contributed by atoms with van der Waals surface area (Å²) in [6.45, 7) is 5.97. The first kappa shape index (κ1) is 16.1. The number of rotatable bonds is 4. The molecular formula is C18H28N4O. The molecule has 2 heterocycles. The van der Waals surface area contributed by atoms with Crippen molar-refractivity contribution in [1.82, 2.24) is 10.2 Å². The summed E-state index contributed by atoms with van der Waals surface area (Å²) in [5, 5.41) is 3.35. The van der Waals surface area contributed by atoms with E-state index >= 15 is 0 Å². The zero-order chi connectivity index (χ0) is 16.1. The molecule has 2 unspecified atom stereocenters. The predicted molar refractivity (Wildman–Crippen MR) is 93.8 cm³/mol. The van der Waals surface area contributed by atoms with Crippen LogP contribution >= 0.6 is 0 Å². The first-order valence-corrected chi connectivity index (χ1v) is 8.76. The second kappa shape index (κ2) is 7.68. The summed E-state index contributed by atoms with van der Waals surface area (Å²) in [6, 6.07) is 9.00. The van der Waals surface area contributed by atoms with Crippen molar-refractivity contribution in [2.45, 2.75) is 44.7 Å². The Morgan fingerprint density at radius 2 is 2.22 bits per heavy atom. The van der Waals surface area contributed by atoms with Crippen LogP contribution in [0.4, 0.5) is 0 Å². The minimum atomic E-state index is 0.192. The Labute approximate surface area is 138 Å². The SMILES string of the molecule is CC1CCCCN1CCN=C(N)NC1CCOc2ccccc21. The predicted octanol–water partition coefficient (Wildman–Crippen LogP) is 2.29. The highest BCUT2D eigenvalue weighted by Crippen LogP contribution is 2.31. The highest BCUT2D eigenvalue weighted by Gasteiger charge is 2.21. The lowest BCUT2D eigenvalue weighted by Gasteiger charge is -2.32. The van der Waals surface area contributed by atoms with E-state index in [1.54, 1.807) is 0 Å². The van der Waals surface area contributed by atoms with Gasteiger partial charge < -0.3 is 15.8 Å². The van der Waals surface area contributed by atoms with Crippen molar-refractivity contribution in [3.8, 4) is 5.75 Å². The lowest BCUT2D eigenvalue weighted by molar-refractivity contribution is 0.166. The number of nitrogens with one attached hydrogen (secondary N) is 1. The van der Waals surface area contributed by atoms with E-state index in [1.807, 2.05) is 18.2 Å². The van der Waals surface area contributed by atoms with E-state index in [2.05, 4.69) is 28.2 Å². The van der Waals surface area contributed by atoms with Crippen LogP contribution in [-0.4, -0.2) is 43.1 Å². The average Bonchev–Trinajstić information content (AvgIpc) is 2.57. The van der Waals surface area contributed by atoms with Crippen molar-refractivity contribution in [1.29, 1.82) is 0 Å². The third kappa shape index (κ3) is 4.16. The van der Waals surface area contributed by atoms with E-state index in [0.29, 0.717) is 18.6 Å². The van der Waals surface area contributed by atoms with Crippen LogP contribution in [0.5, 0.6) is 5.75 Å². The molecule has 3 rings (SSSR count). The van der Waals surface area contributed by atoms with Gasteiger partial charge in [0.05, 0.1) is 19.2 Å². The molecule has 2 atom stereocenters. The number of likely N-dealkylation sites (tertiary alicyclic amines) is 1. The number of para-hydroxylation sites is 1. The van der Waals surface area contributed by atoms with E-state index in [1.165, 1.54) is 31.4 Å². The van der Waals surface area contributed by atoms with Gasteiger partial charge in [0, 0.05) is 24.6 Å². The van der Waals surface area contributed by atoms with Gasteiger partial charge in [-0.05, 0) is 32.4 Å². The van der Waals surface area contributed by atoms with Gasteiger partial charge in [0.25, 0.3) is 0 Å². The number of hydrogen-bond acceptors (Lipinski definition) is 3. The number of nitrogens with two attached hydrogens (primary N) is 1. The Morgan fingerprint density at radius 1 is 1.35 bits per heavy atom. The molecule has 1 aromatic carbocycles. The molecule has 2 aliphatic heterocycles. The van der Waals surface area contributed by atoms with E-state index in [9.17, 15) is 0 Å². The average molecular weight is 316 g/mol. The second-order valence-electron chi connectivity index (χ2n) is 6.52. The van der Waals surface area contributed by atoms with Crippen molar-refractivity contribution in [2.75, 3.05) is 26.2 Å². The maximum atomic E-state index is 6.09. The molecule has 5 nitrogen and oxygen atoms in total. The second-order valence-corrected chi connectivity index (χ2v) is 6.52. The monoisotopic (exact) mass is 316 g/mol. The summed E-state index contributed by atoms with van der Waals surface area (Å²) in [4.78, 5) is 7.04. The fraction of sp³-hybridized carbons (Fsp3) is 0.611. The Kier molecular flexibility index (Phi) is 5.39. The molecule has 0 spiro atoms. The maximum Gasteiger partial charge on any atom is 0.189 e. The molecule has 0 saturated carbocycles. The molecule has 2 aliphatic rings. The third-order valence-electron chi connectivity index (χ3n) is 4.89. The van der Waals surface area contributed by atoms with Gasteiger partial charge in [-0.2, -0.15) is 0 Å². The number of aliphatic imine (C=N–C) groups is 1. The number of nitrogens with zero attached hydrogens (tertiary/aromatic N) is 2. The molecule has 126 valence electrons. The number of guanidine groups is 1. The number of ether oxygens (including phenoxy) is 1. The van der Waals surface area contributed by atoms with Crippen LogP contribution in [0.3, 0.4) is 0 Å². The molecule has 0 radical (unpaired) electrons. The van der Waals surface area contributed by atoms with Gasteiger partial charge in [-0.25, -0.2) is 0 Å². The van der Waals surface area contributed by atoms with Crippen LogP contribution in [0.15, 0.2) is 29.3 Å². The lowest BCUT2D eigenvalue weighted by Crippen LogP contribution is -2.40. The van der Waals surface area contributed by atoms with Crippen molar-refractivity contribution in [2.24, 2.45) is 10.7 Å². The third-order valence-corrected chi connectivity index (χ3v) is 4.89. The van der Waals surface area contributed by atoms with Gasteiger partial charge in [-0.3, -0.25) is 9.89 Å².